The van der Waals surface area contributed by atoms with Crippen LogP contribution in [0, 0.1) is 0 Å². The standard InChI is InChI=1S/C29H33NO3/c31-19-18-27-16-17-29(33-22-26-14-8-3-9-15-26)28(23-32-21-25-12-6-2-7-13-25)30(27)20-24-10-4-1-5-11-24/h1-15,19,27-29H,16-18,20-23H2/t27-,28+,29-/m0/s1. The van der Waals surface area contributed by atoms with Crippen LogP contribution in [0.1, 0.15) is 36.0 Å². The molecule has 1 aliphatic heterocycles. The third-order valence-corrected chi connectivity index (χ3v) is 6.39. The Morgan fingerprint density at radius 3 is 1.94 bits per heavy atom. The lowest BCUT2D eigenvalue weighted by atomic mass is 9.90. The summed E-state index contributed by atoms with van der Waals surface area (Å²) in [6.07, 6.45) is 3.51. The highest BCUT2D eigenvalue weighted by Gasteiger charge is 2.38. The second-order valence-electron chi connectivity index (χ2n) is 8.69. The topological polar surface area (TPSA) is 38.8 Å². The SMILES string of the molecule is O=CC[C@@H]1CC[C@H](OCc2ccccc2)[C@@H](COCc2ccccc2)N1Cc1ccccc1. The van der Waals surface area contributed by atoms with E-state index >= 15 is 0 Å². The van der Waals surface area contributed by atoms with E-state index in [9.17, 15) is 4.79 Å². The number of ether oxygens (including phenoxy) is 2. The summed E-state index contributed by atoms with van der Waals surface area (Å²) in [5.41, 5.74) is 3.57. The van der Waals surface area contributed by atoms with Crippen molar-refractivity contribution in [1.29, 1.82) is 0 Å². The minimum atomic E-state index is 0.0487. The van der Waals surface area contributed by atoms with Crippen LogP contribution in [0.4, 0.5) is 0 Å². The first-order valence-corrected chi connectivity index (χ1v) is 11.8. The van der Waals surface area contributed by atoms with Gasteiger partial charge < -0.3 is 14.3 Å². The van der Waals surface area contributed by atoms with Crippen molar-refractivity contribution in [3.05, 3.63) is 108 Å². The molecule has 4 heteroatoms. The smallest absolute Gasteiger partial charge is 0.121 e. The zero-order valence-corrected chi connectivity index (χ0v) is 19.1. The molecule has 3 atom stereocenters. The van der Waals surface area contributed by atoms with Crippen LogP contribution in [0.25, 0.3) is 0 Å². The van der Waals surface area contributed by atoms with Crippen molar-refractivity contribution in [1.82, 2.24) is 4.90 Å². The molecule has 0 unspecified atom stereocenters. The molecule has 0 radical (unpaired) electrons. The fraction of sp³-hybridized carbons (Fsp3) is 0.345. The van der Waals surface area contributed by atoms with Crippen LogP contribution in [0.5, 0.6) is 0 Å². The maximum Gasteiger partial charge on any atom is 0.121 e. The van der Waals surface area contributed by atoms with Crippen molar-refractivity contribution < 1.29 is 14.3 Å². The molecule has 172 valence electrons. The first kappa shape index (κ1) is 23.4. The van der Waals surface area contributed by atoms with Gasteiger partial charge in [0.2, 0.25) is 0 Å². The molecule has 0 spiro atoms. The van der Waals surface area contributed by atoms with Gasteiger partial charge in [0.25, 0.3) is 0 Å². The van der Waals surface area contributed by atoms with Crippen LogP contribution >= 0.6 is 0 Å². The molecule has 4 nitrogen and oxygen atoms in total. The number of aldehydes is 1. The van der Waals surface area contributed by atoms with Crippen molar-refractivity contribution >= 4 is 6.29 Å². The maximum atomic E-state index is 11.5. The maximum absolute atomic E-state index is 11.5. The van der Waals surface area contributed by atoms with Gasteiger partial charge in [-0.25, -0.2) is 0 Å². The quantitative estimate of drug-likeness (QED) is 0.372. The minimum Gasteiger partial charge on any atom is -0.375 e. The molecular weight excluding hydrogens is 410 g/mol. The number of nitrogens with zero attached hydrogens (tertiary/aromatic N) is 1. The van der Waals surface area contributed by atoms with E-state index in [0.29, 0.717) is 26.2 Å². The third kappa shape index (κ3) is 6.84. The lowest BCUT2D eigenvalue weighted by Crippen LogP contribution is -2.55. The average molecular weight is 444 g/mol. The number of hydrogen-bond acceptors (Lipinski definition) is 4. The largest absolute Gasteiger partial charge is 0.375 e. The van der Waals surface area contributed by atoms with E-state index in [0.717, 1.165) is 31.2 Å². The van der Waals surface area contributed by atoms with E-state index < -0.39 is 0 Å². The molecular formula is C29H33NO3. The molecule has 4 rings (SSSR count). The molecule has 0 aromatic heterocycles. The minimum absolute atomic E-state index is 0.0487. The first-order chi connectivity index (χ1) is 16.3. The van der Waals surface area contributed by atoms with Crippen molar-refractivity contribution in [2.45, 2.75) is 57.2 Å². The van der Waals surface area contributed by atoms with E-state index in [2.05, 4.69) is 53.4 Å². The molecule has 1 fully saturated rings. The Morgan fingerprint density at radius 1 is 0.758 bits per heavy atom. The van der Waals surface area contributed by atoms with Gasteiger partial charge in [-0.2, -0.15) is 0 Å². The summed E-state index contributed by atoms with van der Waals surface area (Å²) in [5, 5.41) is 0. The van der Waals surface area contributed by atoms with Crippen molar-refractivity contribution in [2.75, 3.05) is 6.61 Å². The molecule has 1 saturated heterocycles. The normalized spacial score (nSPS) is 21.0. The zero-order chi connectivity index (χ0) is 22.7. The van der Waals surface area contributed by atoms with Crippen LogP contribution < -0.4 is 0 Å². The highest BCUT2D eigenvalue weighted by atomic mass is 16.5. The predicted molar refractivity (Wildman–Crippen MR) is 131 cm³/mol. The fourth-order valence-electron chi connectivity index (χ4n) is 4.65. The Labute approximate surface area is 197 Å². The summed E-state index contributed by atoms with van der Waals surface area (Å²) in [7, 11) is 0. The summed E-state index contributed by atoms with van der Waals surface area (Å²) in [5.74, 6) is 0. The van der Waals surface area contributed by atoms with Crippen molar-refractivity contribution in [3.63, 3.8) is 0 Å². The van der Waals surface area contributed by atoms with Gasteiger partial charge in [0, 0.05) is 19.0 Å². The molecule has 0 aliphatic carbocycles. The van der Waals surface area contributed by atoms with Gasteiger partial charge in [-0.15, -0.1) is 0 Å². The number of hydrogen-bond donors (Lipinski definition) is 0. The van der Waals surface area contributed by atoms with Gasteiger partial charge in [0.1, 0.15) is 6.29 Å². The van der Waals surface area contributed by atoms with Crippen molar-refractivity contribution in [3.8, 4) is 0 Å². The number of rotatable bonds is 11. The van der Waals surface area contributed by atoms with Crippen molar-refractivity contribution in [2.24, 2.45) is 0 Å². The molecule has 0 saturated carbocycles. The van der Waals surface area contributed by atoms with Gasteiger partial charge in [-0.3, -0.25) is 4.90 Å². The summed E-state index contributed by atoms with van der Waals surface area (Å²) in [6, 6.07) is 31.3. The molecule has 0 N–H and O–H groups in total. The van der Waals surface area contributed by atoms with Gasteiger partial charge in [0.05, 0.1) is 32.0 Å². The Morgan fingerprint density at radius 2 is 1.33 bits per heavy atom. The number of likely N-dealkylation sites (tertiary alicyclic amines) is 1. The van der Waals surface area contributed by atoms with Gasteiger partial charge in [-0.05, 0) is 29.5 Å². The molecule has 33 heavy (non-hydrogen) atoms. The fourth-order valence-corrected chi connectivity index (χ4v) is 4.65. The van der Waals surface area contributed by atoms with Gasteiger partial charge in [0.15, 0.2) is 0 Å². The van der Waals surface area contributed by atoms with E-state index in [-0.39, 0.29) is 18.2 Å². The van der Waals surface area contributed by atoms with Crippen LogP contribution in [-0.4, -0.2) is 36.0 Å². The molecule has 1 aliphatic rings. The number of benzene rings is 3. The number of carbonyl (C=O) groups is 1. The lowest BCUT2D eigenvalue weighted by Gasteiger charge is -2.46. The van der Waals surface area contributed by atoms with Gasteiger partial charge >= 0.3 is 0 Å². The second-order valence-corrected chi connectivity index (χ2v) is 8.69. The molecule has 3 aromatic carbocycles. The zero-order valence-electron chi connectivity index (χ0n) is 19.1. The monoisotopic (exact) mass is 443 g/mol. The molecule has 0 amide bonds. The highest BCUT2D eigenvalue weighted by molar-refractivity contribution is 5.50. The van der Waals surface area contributed by atoms with E-state index in [1.54, 1.807) is 0 Å². The number of piperidine rings is 1. The van der Waals surface area contributed by atoms with Crippen LogP contribution in [-0.2, 0) is 34.0 Å². The Hall–Kier alpha value is -2.79. The molecule has 3 aromatic rings. The highest BCUT2D eigenvalue weighted by Crippen LogP contribution is 2.30. The molecule has 1 heterocycles. The Balaban J connectivity index is 1.50. The summed E-state index contributed by atoms with van der Waals surface area (Å²) < 4.78 is 12.7. The van der Waals surface area contributed by atoms with Crippen LogP contribution in [0.15, 0.2) is 91.0 Å². The lowest BCUT2D eigenvalue weighted by molar-refractivity contribution is -0.117. The van der Waals surface area contributed by atoms with E-state index in [4.69, 9.17) is 9.47 Å². The van der Waals surface area contributed by atoms with E-state index in [1.807, 2.05) is 42.5 Å². The predicted octanol–water partition coefficient (Wildman–Crippen LogP) is 5.41. The summed E-state index contributed by atoms with van der Waals surface area (Å²) >= 11 is 0. The average Bonchev–Trinajstić information content (AvgIpc) is 2.87. The number of carbonyl (C=O) groups excluding carboxylic acids is 1. The Kier molecular flexibility index (Phi) is 8.82. The van der Waals surface area contributed by atoms with Crippen LogP contribution in [0.3, 0.4) is 0 Å². The van der Waals surface area contributed by atoms with Gasteiger partial charge in [-0.1, -0.05) is 91.0 Å². The van der Waals surface area contributed by atoms with E-state index in [1.165, 1.54) is 11.1 Å². The Bertz CT molecular complexity index is 948. The first-order valence-electron chi connectivity index (χ1n) is 11.8. The molecule has 0 bridgehead atoms. The third-order valence-electron chi connectivity index (χ3n) is 6.39. The summed E-state index contributed by atoms with van der Waals surface area (Å²) in [6.45, 7) is 2.50. The van der Waals surface area contributed by atoms with Crippen LogP contribution in [0.2, 0.25) is 0 Å². The second kappa shape index (κ2) is 12.4. The summed E-state index contributed by atoms with van der Waals surface area (Å²) in [4.78, 5) is 13.9.